The van der Waals surface area contributed by atoms with E-state index in [0.717, 1.165) is 4.47 Å². The van der Waals surface area contributed by atoms with Crippen molar-refractivity contribution in [2.45, 2.75) is 6.92 Å². The van der Waals surface area contributed by atoms with Crippen molar-refractivity contribution in [1.29, 1.82) is 0 Å². The number of carboxylic acids is 1. The number of hydrazone groups is 1. The van der Waals surface area contributed by atoms with Crippen LogP contribution in [-0.4, -0.2) is 29.3 Å². The van der Waals surface area contributed by atoms with E-state index in [2.05, 4.69) is 26.5 Å². The lowest BCUT2D eigenvalue weighted by molar-refractivity contribution is -0.129. The van der Waals surface area contributed by atoms with Crippen LogP contribution in [0.2, 0.25) is 0 Å². The quantitative estimate of drug-likeness (QED) is 0.635. The van der Waals surface area contributed by atoms with Gasteiger partial charge < -0.3 is 9.84 Å². The van der Waals surface area contributed by atoms with Crippen LogP contribution in [0.1, 0.15) is 6.92 Å². The molecule has 0 saturated carbocycles. The number of nitrogens with zero attached hydrogens (tertiary/aromatic N) is 1. The molecule has 0 aliphatic heterocycles. The number of carboxylic acid groups (broad SMARTS) is 1. The molecule has 0 unspecified atom stereocenters. The highest BCUT2D eigenvalue weighted by atomic mass is 79.9. The fraction of sp³-hybridized carbons (Fsp3) is 0.182. The number of nitrogens with one attached hydrogen (secondary N) is 1. The minimum Gasteiger partial charge on any atom is -0.484 e. The van der Waals surface area contributed by atoms with Gasteiger partial charge in [-0.05, 0) is 31.2 Å². The molecule has 18 heavy (non-hydrogen) atoms. The number of rotatable bonds is 5. The summed E-state index contributed by atoms with van der Waals surface area (Å²) in [6.45, 7) is 1.04. The van der Waals surface area contributed by atoms with Crippen molar-refractivity contribution in [3.8, 4) is 5.75 Å². The lowest BCUT2D eigenvalue weighted by Gasteiger charge is -2.04. The molecule has 1 amide bonds. The first-order valence-electron chi connectivity index (χ1n) is 4.94. The van der Waals surface area contributed by atoms with Gasteiger partial charge in [-0.1, -0.05) is 15.9 Å². The fourth-order valence-corrected chi connectivity index (χ4v) is 1.17. The predicted molar refractivity (Wildman–Crippen MR) is 68.5 cm³/mol. The minimum absolute atomic E-state index is 0.202. The van der Waals surface area contributed by atoms with Crippen LogP contribution in [0.5, 0.6) is 5.75 Å². The Labute approximate surface area is 112 Å². The van der Waals surface area contributed by atoms with E-state index in [1.807, 2.05) is 0 Å². The lowest BCUT2D eigenvalue weighted by Crippen LogP contribution is -2.26. The maximum absolute atomic E-state index is 11.3. The van der Waals surface area contributed by atoms with Gasteiger partial charge in [-0.15, -0.1) is 0 Å². The summed E-state index contributed by atoms with van der Waals surface area (Å²) >= 11 is 3.27. The number of hydrogen-bond donors (Lipinski definition) is 2. The van der Waals surface area contributed by atoms with E-state index in [1.54, 1.807) is 24.3 Å². The van der Waals surface area contributed by atoms with E-state index in [1.165, 1.54) is 6.92 Å². The predicted octanol–water partition coefficient (Wildman–Crippen LogP) is 1.40. The number of carbonyl (C=O) groups excluding carboxylic acids is 1. The Morgan fingerprint density at radius 1 is 1.39 bits per heavy atom. The molecule has 1 aromatic rings. The van der Waals surface area contributed by atoms with E-state index >= 15 is 0 Å². The van der Waals surface area contributed by atoms with Gasteiger partial charge in [-0.3, -0.25) is 4.79 Å². The molecule has 0 atom stereocenters. The first-order chi connectivity index (χ1) is 8.49. The lowest BCUT2D eigenvalue weighted by atomic mass is 10.3. The molecule has 0 aromatic heterocycles. The molecule has 1 aromatic carbocycles. The van der Waals surface area contributed by atoms with Gasteiger partial charge in [0.25, 0.3) is 5.91 Å². The zero-order valence-corrected chi connectivity index (χ0v) is 11.1. The van der Waals surface area contributed by atoms with E-state index in [-0.39, 0.29) is 12.3 Å². The Morgan fingerprint density at radius 2 is 2.00 bits per heavy atom. The number of ether oxygens (including phenoxy) is 1. The van der Waals surface area contributed by atoms with Gasteiger partial charge in [-0.2, -0.15) is 5.10 Å². The van der Waals surface area contributed by atoms with Crippen LogP contribution in [0.15, 0.2) is 33.8 Å². The molecule has 0 radical (unpaired) electrons. The maximum Gasteiger partial charge on any atom is 0.351 e. The van der Waals surface area contributed by atoms with Crippen LogP contribution in [0.25, 0.3) is 0 Å². The number of amides is 1. The highest BCUT2D eigenvalue weighted by Gasteiger charge is 2.04. The molecule has 6 nitrogen and oxygen atoms in total. The molecular formula is C11H11BrN2O4. The molecule has 1 rings (SSSR count). The molecule has 0 fully saturated rings. The summed E-state index contributed by atoms with van der Waals surface area (Å²) in [6, 6.07) is 6.95. The van der Waals surface area contributed by atoms with Crippen molar-refractivity contribution in [2.75, 3.05) is 6.61 Å². The molecule has 0 aliphatic rings. The molecule has 0 saturated heterocycles. The largest absolute Gasteiger partial charge is 0.484 e. The fourth-order valence-electron chi connectivity index (χ4n) is 0.906. The van der Waals surface area contributed by atoms with Crippen molar-refractivity contribution in [1.82, 2.24) is 5.43 Å². The average Bonchev–Trinajstić information content (AvgIpc) is 2.35. The molecule has 0 aliphatic carbocycles. The Hall–Kier alpha value is -1.89. The standard InChI is InChI=1S/C11H11BrN2O4/c1-7(11(16)17)13-14-10(15)6-18-9-4-2-8(12)3-5-9/h2-5H,6H2,1H3,(H,14,15)(H,16,17). The second-order valence-electron chi connectivity index (χ2n) is 3.28. The molecule has 0 spiro atoms. The summed E-state index contributed by atoms with van der Waals surface area (Å²) in [5.74, 6) is -1.19. The molecule has 0 bridgehead atoms. The van der Waals surface area contributed by atoms with Crippen molar-refractivity contribution in [3.05, 3.63) is 28.7 Å². The molecule has 0 heterocycles. The summed E-state index contributed by atoms with van der Waals surface area (Å²) in [5, 5.41) is 11.9. The number of benzene rings is 1. The minimum atomic E-state index is -1.19. The summed E-state index contributed by atoms with van der Waals surface area (Å²) in [6.07, 6.45) is 0. The topological polar surface area (TPSA) is 88.0 Å². The van der Waals surface area contributed by atoms with Gasteiger partial charge in [0.1, 0.15) is 11.5 Å². The average molecular weight is 315 g/mol. The van der Waals surface area contributed by atoms with E-state index < -0.39 is 11.9 Å². The summed E-state index contributed by atoms with van der Waals surface area (Å²) in [7, 11) is 0. The van der Waals surface area contributed by atoms with Crippen LogP contribution in [-0.2, 0) is 9.59 Å². The smallest absolute Gasteiger partial charge is 0.351 e. The first-order valence-corrected chi connectivity index (χ1v) is 5.73. The molecule has 7 heteroatoms. The van der Waals surface area contributed by atoms with E-state index in [9.17, 15) is 9.59 Å². The zero-order valence-electron chi connectivity index (χ0n) is 9.51. The SMILES string of the molecule is CC(=NNC(=O)COc1ccc(Br)cc1)C(=O)O. The summed E-state index contributed by atoms with van der Waals surface area (Å²) in [4.78, 5) is 21.7. The Bertz CT molecular complexity index is 470. The number of aliphatic carboxylic acids is 1. The second-order valence-corrected chi connectivity index (χ2v) is 4.20. The van der Waals surface area contributed by atoms with Crippen molar-refractivity contribution >= 4 is 33.5 Å². The van der Waals surface area contributed by atoms with Gasteiger partial charge in [0.05, 0.1) is 0 Å². The van der Waals surface area contributed by atoms with Crippen molar-refractivity contribution < 1.29 is 19.4 Å². The van der Waals surface area contributed by atoms with Crippen LogP contribution in [0.4, 0.5) is 0 Å². The summed E-state index contributed by atoms with van der Waals surface area (Å²) in [5.41, 5.74) is 1.88. The first kappa shape index (κ1) is 14.2. The highest BCUT2D eigenvalue weighted by Crippen LogP contribution is 2.15. The number of hydrogen-bond acceptors (Lipinski definition) is 4. The van der Waals surface area contributed by atoms with Crippen molar-refractivity contribution in [2.24, 2.45) is 5.10 Å². The monoisotopic (exact) mass is 314 g/mol. The number of halogens is 1. The van der Waals surface area contributed by atoms with Crippen LogP contribution in [0.3, 0.4) is 0 Å². The van der Waals surface area contributed by atoms with E-state index in [0.29, 0.717) is 5.75 Å². The van der Waals surface area contributed by atoms with E-state index in [4.69, 9.17) is 9.84 Å². The van der Waals surface area contributed by atoms with Gasteiger partial charge in [0, 0.05) is 4.47 Å². The third-order valence-corrected chi connectivity index (χ3v) is 2.37. The van der Waals surface area contributed by atoms with Gasteiger partial charge in [-0.25, -0.2) is 10.2 Å². The Morgan fingerprint density at radius 3 is 2.56 bits per heavy atom. The third kappa shape index (κ3) is 4.96. The molecule has 2 N–H and O–H groups in total. The maximum atomic E-state index is 11.3. The Balaban J connectivity index is 2.40. The third-order valence-electron chi connectivity index (χ3n) is 1.84. The normalized spacial score (nSPS) is 10.9. The zero-order chi connectivity index (χ0) is 13.5. The van der Waals surface area contributed by atoms with Crippen molar-refractivity contribution in [3.63, 3.8) is 0 Å². The Kier molecular flexibility index (Phi) is 5.31. The molecule has 96 valence electrons. The molecular weight excluding hydrogens is 304 g/mol. The van der Waals surface area contributed by atoms with Crippen LogP contribution >= 0.6 is 15.9 Å². The van der Waals surface area contributed by atoms with Crippen LogP contribution in [0, 0.1) is 0 Å². The summed E-state index contributed by atoms with van der Waals surface area (Å²) < 4.78 is 6.07. The number of carbonyl (C=O) groups is 2. The van der Waals surface area contributed by atoms with Gasteiger partial charge >= 0.3 is 5.97 Å². The van der Waals surface area contributed by atoms with Gasteiger partial charge in [0.2, 0.25) is 0 Å². The van der Waals surface area contributed by atoms with Crippen LogP contribution < -0.4 is 10.2 Å². The second kappa shape index (κ2) is 6.75. The highest BCUT2D eigenvalue weighted by molar-refractivity contribution is 9.10. The van der Waals surface area contributed by atoms with Gasteiger partial charge in [0.15, 0.2) is 6.61 Å².